The number of hydrogen-bond acceptors (Lipinski definition) is 5. The van der Waals surface area contributed by atoms with Crippen LogP contribution in [0.3, 0.4) is 0 Å². The minimum absolute atomic E-state index is 0.00832. The molecular formula is C32H37ClFN3O5S. The average molecular weight is 630 g/mol. The average Bonchev–Trinajstić information content (AvgIpc) is 2.99. The summed E-state index contributed by atoms with van der Waals surface area (Å²) in [6.07, 6.45) is 4.90. The van der Waals surface area contributed by atoms with Gasteiger partial charge in [-0.25, -0.2) is 12.8 Å². The molecule has 11 heteroatoms. The molecule has 0 aromatic heterocycles. The molecule has 4 rings (SSSR count). The third-order valence-electron chi connectivity index (χ3n) is 7.70. The Labute approximate surface area is 257 Å². The SMILES string of the molecule is COc1ccc(N(CC(=O)N(Cc2ccc(F)cc2)[C@@H](C)C(=O)NC2CCCCC2)S(=O)(=O)c2ccc(C)cc2)cc1Cl. The van der Waals surface area contributed by atoms with Crippen LogP contribution in [0.1, 0.15) is 50.2 Å². The molecule has 8 nitrogen and oxygen atoms in total. The van der Waals surface area contributed by atoms with Crippen LogP contribution >= 0.6 is 11.6 Å². The molecule has 3 aromatic rings. The number of aryl methyl sites for hydroxylation is 1. The second kappa shape index (κ2) is 14.2. The number of rotatable bonds is 11. The fourth-order valence-electron chi connectivity index (χ4n) is 5.11. The van der Waals surface area contributed by atoms with Crippen molar-refractivity contribution in [2.24, 2.45) is 0 Å². The van der Waals surface area contributed by atoms with Gasteiger partial charge < -0.3 is 15.0 Å². The Morgan fingerprint density at radius 2 is 1.67 bits per heavy atom. The highest BCUT2D eigenvalue weighted by atomic mass is 35.5. The van der Waals surface area contributed by atoms with Gasteiger partial charge in [0.2, 0.25) is 11.8 Å². The number of ether oxygens (including phenoxy) is 1. The van der Waals surface area contributed by atoms with Crippen LogP contribution in [0.25, 0.3) is 0 Å². The number of carbonyl (C=O) groups is 2. The number of sulfonamides is 1. The molecule has 1 aliphatic carbocycles. The van der Waals surface area contributed by atoms with Crippen molar-refractivity contribution < 1.29 is 27.1 Å². The number of benzene rings is 3. The topological polar surface area (TPSA) is 96.0 Å². The second-order valence-electron chi connectivity index (χ2n) is 10.8. The number of hydrogen-bond donors (Lipinski definition) is 1. The molecule has 0 bridgehead atoms. The fraction of sp³-hybridized carbons (Fsp3) is 0.375. The van der Waals surface area contributed by atoms with Crippen LogP contribution < -0.4 is 14.4 Å². The van der Waals surface area contributed by atoms with Gasteiger partial charge in [0.1, 0.15) is 24.2 Å². The molecule has 3 aromatic carbocycles. The first-order valence-corrected chi connectivity index (χ1v) is 16.1. The maximum atomic E-state index is 14.1. The van der Waals surface area contributed by atoms with Gasteiger partial charge in [0.25, 0.3) is 10.0 Å². The highest BCUT2D eigenvalue weighted by Crippen LogP contribution is 2.32. The predicted molar refractivity (Wildman–Crippen MR) is 165 cm³/mol. The van der Waals surface area contributed by atoms with Gasteiger partial charge in [0, 0.05) is 12.6 Å². The number of amides is 2. The molecule has 1 N–H and O–H groups in total. The van der Waals surface area contributed by atoms with E-state index in [9.17, 15) is 22.4 Å². The van der Waals surface area contributed by atoms with Crippen molar-refractivity contribution in [2.75, 3.05) is 18.0 Å². The highest BCUT2D eigenvalue weighted by molar-refractivity contribution is 7.92. The van der Waals surface area contributed by atoms with E-state index in [0.717, 1.165) is 42.0 Å². The molecule has 0 saturated heterocycles. The first-order chi connectivity index (χ1) is 20.5. The van der Waals surface area contributed by atoms with Gasteiger partial charge in [-0.15, -0.1) is 0 Å². The van der Waals surface area contributed by atoms with Crippen molar-refractivity contribution in [3.63, 3.8) is 0 Å². The lowest BCUT2D eigenvalue weighted by molar-refractivity contribution is -0.139. The summed E-state index contributed by atoms with van der Waals surface area (Å²) in [6, 6.07) is 15.5. The van der Waals surface area contributed by atoms with Gasteiger partial charge in [0.15, 0.2) is 0 Å². The van der Waals surface area contributed by atoms with E-state index < -0.39 is 34.3 Å². The van der Waals surface area contributed by atoms with Crippen LogP contribution in [-0.4, -0.2) is 50.9 Å². The van der Waals surface area contributed by atoms with Crippen molar-refractivity contribution in [1.29, 1.82) is 0 Å². The summed E-state index contributed by atoms with van der Waals surface area (Å²) in [7, 11) is -2.80. The van der Waals surface area contributed by atoms with Gasteiger partial charge in [0.05, 0.1) is 22.7 Å². The Kier molecular flexibility index (Phi) is 10.7. The summed E-state index contributed by atoms with van der Waals surface area (Å²) in [5.41, 5.74) is 1.62. The standard InChI is InChI=1S/C32H37ClFN3O5S/c1-22-9-16-28(17-10-22)43(40,41)37(27-15-18-30(42-3)29(33)19-27)21-31(38)36(20-24-11-13-25(34)14-12-24)23(2)32(39)35-26-7-5-4-6-8-26/h9-19,23,26H,4-8,20-21H2,1-3H3,(H,35,39)/t23-/m0/s1. The van der Waals surface area contributed by atoms with E-state index in [1.807, 2.05) is 6.92 Å². The fourth-order valence-corrected chi connectivity index (χ4v) is 6.77. The van der Waals surface area contributed by atoms with Crippen molar-refractivity contribution in [1.82, 2.24) is 10.2 Å². The highest BCUT2D eigenvalue weighted by Gasteiger charge is 2.33. The number of halogens is 2. The summed E-state index contributed by atoms with van der Waals surface area (Å²) in [5, 5.41) is 3.23. The molecule has 230 valence electrons. The van der Waals surface area contributed by atoms with E-state index in [1.165, 1.54) is 66.6 Å². The lowest BCUT2D eigenvalue weighted by atomic mass is 9.95. The molecule has 0 radical (unpaired) electrons. The van der Waals surface area contributed by atoms with E-state index in [2.05, 4.69) is 5.32 Å². The van der Waals surface area contributed by atoms with Gasteiger partial charge in [-0.3, -0.25) is 13.9 Å². The number of nitrogens with one attached hydrogen (secondary N) is 1. The summed E-state index contributed by atoms with van der Waals surface area (Å²) < 4.78 is 47.8. The third kappa shape index (κ3) is 8.06. The largest absolute Gasteiger partial charge is 0.495 e. The molecule has 0 spiro atoms. The zero-order valence-electron chi connectivity index (χ0n) is 24.6. The summed E-state index contributed by atoms with van der Waals surface area (Å²) >= 11 is 6.37. The molecule has 43 heavy (non-hydrogen) atoms. The van der Waals surface area contributed by atoms with E-state index >= 15 is 0 Å². The normalized spacial score (nSPS) is 14.5. The molecule has 0 heterocycles. The van der Waals surface area contributed by atoms with Gasteiger partial charge >= 0.3 is 0 Å². The maximum Gasteiger partial charge on any atom is 0.264 e. The van der Waals surface area contributed by atoms with E-state index in [1.54, 1.807) is 19.1 Å². The molecule has 1 saturated carbocycles. The van der Waals surface area contributed by atoms with Crippen LogP contribution in [0.15, 0.2) is 71.6 Å². The van der Waals surface area contributed by atoms with Crippen molar-refractivity contribution in [3.05, 3.63) is 88.7 Å². The molecule has 1 atom stereocenters. The Bertz CT molecular complexity index is 1530. The predicted octanol–water partition coefficient (Wildman–Crippen LogP) is 5.86. The van der Waals surface area contributed by atoms with Gasteiger partial charge in [-0.05, 0) is 74.7 Å². The van der Waals surface area contributed by atoms with Crippen molar-refractivity contribution in [2.45, 2.75) is 69.5 Å². The molecular weight excluding hydrogens is 593 g/mol. The van der Waals surface area contributed by atoms with Crippen LogP contribution in [0.4, 0.5) is 10.1 Å². The molecule has 0 unspecified atom stereocenters. The molecule has 1 aliphatic rings. The van der Waals surface area contributed by atoms with Crippen molar-refractivity contribution >= 4 is 39.1 Å². The number of nitrogens with zero attached hydrogens (tertiary/aromatic N) is 2. The van der Waals surface area contributed by atoms with Gasteiger partial charge in [-0.2, -0.15) is 0 Å². The lowest BCUT2D eigenvalue weighted by Gasteiger charge is -2.33. The molecule has 2 amide bonds. The third-order valence-corrected chi connectivity index (χ3v) is 9.78. The Hall–Kier alpha value is -3.63. The zero-order chi connectivity index (χ0) is 31.1. The first-order valence-electron chi connectivity index (χ1n) is 14.3. The summed E-state index contributed by atoms with van der Waals surface area (Å²) in [4.78, 5) is 28.8. The molecule has 0 aliphatic heterocycles. The van der Waals surface area contributed by atoms with Crippen LogP contribution in [-0.2, 0) is 26.2 Å². The lowest BCUT2D eigenvalue weighted by Crippen LogP contribution is -2.53. The number of methoxy groups -OCH3 is 1. The van der Waals surface area contributed by atoms with E-state index in [-0.39, 0.29) is 34.1 Å². The monoisotopic (exact) mass is 629 g/mol. The number of carbonyl (C=O) groups excluding carboxylic acids is 2. The summed E-state index contributed by atoms with van der Waals surface area (Å²) in [6.45, 7) is 2.82. The quantitative estimate of drug-likeness (QED) is 0.287. The number of anilines is 1. The van der Waals surface area contributed by atoms with E-state index in [4.69, 9.17) is 16.3 Å². The second-order valence-corrected chi connectivity index (χ2v) is 13.1. The van der Waals surface area contributed by atoms with E-state index in [0.29, 0.717) is 11.3 Å². The maximum absolute atomic E-state index is 14.1. The minimum Gasteiger partial charge on any atom is -0.495 e. The molecule has 1 fully saturated rings. The van der Waals surface area contributed by atoms with Crippen LogP contribution in [0, 0.1) is 12.7 Å². The van der Waals surface area contributed by atoms with Crippen molar-refractivity contribution in [3.8, 4) is 5.75 Å². The smallest absolute Gasteiger partial charge is 0.264 e. The van der Waals surface area contributed by atoms with Crippen LogP contribution in [0.2, 0.25) is 5.02 Å². The first kappa shape index (κ1) is 32.3. The Morgan fingerprint density at radius 1 is 1.02 bits per heavy atom. The van der Waals surface area contributed by atoms with Crippen LogP contribution in [0.5, 0.6) is 5.75 Å². The Balaban J connectivity index is 1.70. The zero-order valence-corrected chi connectivity index (χ0v) is 26.1. The minimum atomic E-state index is -4.25. The summed E-state index contributed by atoms with van der Waals surface area (Å²) in [5.74, 6) is -1.03. The Morgan fingerprint density at radius 3 is 2.28 bits per heavy atom. The van der Waals surface area contributed by atoms with Gasteiger partial charge in [-0.1, -0.05) is 60.7 Å².